The Balaban J connectivity index is 1.43. The van der Waals surface area contributed by atoms with Crippen molar-refractivity contribution in [1.82, 2.24) is 24.8 Å². The third kappa shape index (κ3) is 4.71. The fraction of sp³-hybridized carbons (Fsp3) is 0.550. The molecule has 2 aromatic heterocycles. The van der Waals surface area contributed by atoms with E-state index in [9.17, 15) is 13.6 Å². The minimum absolute atomic E-state index is 0.159. The van der Waals surface area contributed by atoms with E-state index in [-0.39, 0.29) is 17.9 Å². The molecule has 0 bridgehead atoms. The molecule has 0 saturated carbocycles. The van der Waals surface area contributed by atoms with Gasteiger partial charge in [-0.3, -0.25) is 4.98 Å². The predicted octanol–water partition coefficient (Wildman–Crippen LogP) is 2.84. The standard InChI is InChI=1S/C20H25F2N7O2/c1-12(15-4-3-14(9-23-15)13-5-7-28(2)8-6-13)26-18-24-11-25-19(27-18)29-16(17(21)22)10-31-20(29)30/h3-4,9,11-13,16-17H,5-8,10H2,1-2H3,(H,24,25,26,27)/t12-,16+/m0/s1. The molecule has 0 spiro atoms. The molecule has 0 radical (unpaired) electrons. The molecule has 1 amide bonds. The number of rotatable bonds is 6. The van der Waals surface area contributed by atoms with E-state index >= 15 is 0 Å². The largest absolute Gasteiger partial charge is 0.447 e. The van der Waals surface area contributed by atoms with Crippen LogP contribution < -0.4 is 10.2 Å². The maximum absolute atomic E-state index is 13.2. The molecular weight excluding hydrogens is 408 g/mol. The van der Waals surface area contributed by atoms with Crippen LogP contribution >= 0.6 is 0 Å². The van der Waals surface area contributed by atoms with Crippen LogP contribution in [0, 0.1) is 0 Å². The van der Waals surface area contributed by atoms with Crippen LogP contribution in [-0.2, 0) is 4.74 Å². The van der Waals surface area contributed by atoms with Crippen molar-refractivity contribution in [3.8, 4) is 0 Å². The highest BCUT2D eigenvalue weighted by Crippen LogP contribution is 2.28. The predicted molar refractivity (Wildman–Crippen MR) is 109 cm³/mol. The van der Waals surface area contributed by atoms with Gasteiger partial charge in [-0.1, -0.05) is 6.07 Å². The fourth-order valence-electron chi connectivity index (χ4n) is 3.85. The Labute approximate surface area is 178 Å². The first-order valence-corrected chi connectivity index (χ1v) is 10.3. The van der Waals surface area contributed by atoms with Crippen LogP contribution in [0.3, 0.4) is 0 Å². The number of alkyl halides is 2. The van der Waals surface area contributed by atoms with Gasteiger partial charge in [0.15, 0.2) is 0 Å². The van der Waals surface area contributed by atoms with E-state index < -0.39 is 25.2 Å². The minimum Gasteiger partial charge on any atom is -0.447 e. The molecule has 2 fully saturated rings. The van der Waals surface area contributed by atoms with Gasteiger partial charge in [-0.25, -0.2) is 28.4 Å². The fourth-order valence-corrected chi connectivity index (χ4v) is 3.85. The number of carbonyl (C=O) groups excluding carboxylic acids is 1. The number of piperidine rings is 1. The quantitative estimate of drug-likeness (QED) is 0.743. The van der Waals surface area contributed by atoms with Crippen molar-refractivity contribution in [2.45, 2.75) is 44.2 Å². The zero-order valence-electron chi connectivity index (χ0n) is 17.4. The molecule has 31 heavy (non-hydrogen) atoms. The number of carbonyl (C=O) groups is 1. The molecule has 2 aromatic rings. The average molecular weight is 433 g/mol. The molecular formula is C20H25F2N7O2. The molecule has 4 rings (SSSR count). The number of nitrogens with one attached hydrogen (secondary N) is 1. The van der Waals surface area contributed by atoms with Crippen LogP contribution in [0.4, 0.5) is 25.5 Å². The summed E-state index contributed by atoms with van der Waals surface area (Å²) < 4.78 is 31.1. The second-order valence-corrected chi connectivity index (χ2v) is 7.92. The molecule has 2 aliphatic rings. The lowest BCUT2D eigenvalue weighted by atomic mass is 9.90. The SMILES string of the molecule is C[C@H](Nc1ncnc(N2C(=O)OC[C@@H]2C(F)F)n1)c1ccc(C2CCN(C)CC2)cn1. The van der Waals surface area contributed by atoms with Gasteiger partial charge in [-0.15, -0.1) is 0 Å². The molecule has 2 saturated heterocycles. The lowest BCUT2D eigenvalue weighted by molar-refractivity contribution is 0.104. The van der Waals surface area contributed by atoms with Crippen molar-refractivity contribution in [1.29, 1.82) is 0 Å². The molecule has 166 valence electrons. The van der Waals surface area contributed by atoms with Crippen molar-refractivity contribution in [2.24, 2.45) is 0 Å². The maximum atomic E-state index is 13.2. The van der Waals surface area contributed by atoms with E-state index in [1.807, 2.05) is 19.2 Å². The Bertz CT molecular complexity index is 907. The van der Waals surface area contributed by atoms with Gasteiger partial charge in [0, 0.05) is 6.20 Å². The number of nitrogens with zero attached hydrogens (tertiary/aromatic N) is 6. The number of pyridine rings is 1. The number of aromatic nitrogens is 4. The number of amides is 1. The summed E-state index contributed by atoms with van der Waals surface area (Å²) in [6.07, 6.45) is 1.65. The monoisotopic (exact) mass is 433 g/mol. The molecule has 0 aromatic carbocycles. The summed E-state index contributed by atoms with van der Waals surface area (Å²) in [6.45, 7) is 3.66. The van der Waals surface area contributed by atoms with E-state index in [0.717, 1.165) is 36.5 Å². The van der Waals surface area contributed by atoms with Crippen molar-refractivity contribution < 1.29 is 18.3 Å². The molecule has 2 atom stereocenters. The number of ether oxygens (including phenoxy) is 1. The van der Waals surface area contributed by atoms with E-state index in [0.29, 0.717) is 5.92 Å². The van der Waals surface area contributed by atoms with E-state index in [4.69, 9.17) is 4.74 Å². The van der Waals surface area contributed by atoms with Crippen molar-refractivity contribution in [3.05, 3.63) is 35.9 Å². The van der Waals surface area contributed by atoms with Crippen molar-refractivity contribution >= 4 is 18.0 Å². The van der Waals surface area contributed by atoms with E-state index in [1.54, 1.807) is 0 Å². The summed E-state index contributed by atoms with van der Waals surface area (Å²) in [6, 6.07) is 2.41. The lowest BCUT2D eigenvalue weighted by Crippen LogP contribution is -2.39. The van der Waals surface area contributed by atoms with Crippen LogP contribution in [0.5, 0.6) is 0 Å². The maximum Gasteiger partial charge on any atom is 0.417 e. The van der Waals surface area contributed by atoms with Gasteiger partial charge >= 0.3 is 6.09 Å². The molecule has 9 nitrogen and oxygen atoms in total. The van der Waals surface area contributed by atoms with Crippen molar-refractivity contribution in [3.63, 3.8) is 0 Å². The minimum atomic E-state index is -2.77. The summed E-state index contributed by atoms with van der Waals surface area (Å²) >= 11 is 0. The van der Waals surface area contributed by atoms with Crippen molar-refractivity contribution in [2.75, 3.05) is 37.0 Å². The number of hydrogen-bond acceptors (Lipinski definition) is 8. The van der Waals surface area contributed by atoms with Gasteiger partial charge in [0.05, 0.1) is 11.7 Å². The Morgan fingerprint density at radius 2 is 1.97 bits per heavy atom. The second-order valence-electron chi connectivity index (χ2n) is 7.92. The smallest absolute Gasteiger partial charge is 0.417 e. The number of hydrogen-bond donors (Lipinski definition) is 1. The summed E-state index contributed by atoms with van der Waals surface area (Å²) in [4.78, 5) is 31.6. The normalized spacial score (nSPS) is 21.4. The van der Waals surface area contributed by atoms with E-state index in [1.165, 1.54) is 11.9 Å². The molecule has 11 heteroatoms. The molecule has 4 heterocycles. The van der Waals surface area contributed by atoms with Gasteiger partial charge in [0.25, 0.3) is 6.43 Å². The number of likely N-dealkylation sites (tertiary alicyclic amines) is 1. The molecule has 2 aliphatic heterocycles. The second kappa shape index (κ2) is 9.04. The number of anilines is 2. The summed E-state index contributed by atoms with van der Waals surface area (Å²) in [5, 5.41) is 3.09. The Kier molecular flexibility index (Phi) is 6.21. The number of halogens is 2. The molecule has 1 N–H and O–H groups in total. The van der Waals surface area contributed by atoms with Crippen LogP contribution in [0.1, 0.15) is 43.0 Å². The highest BCUT2D eigenvalue weighted by Gasteiger charge is 2.42. The molecule has 0 unspecified atom stereocenters. The Morgan fingerprint density at radius 1 is 1.19 bits per heavy atom. The summed E-state index contributed by atoms with van der Waals surface area (Å²) in [5.74, 6) is 0.504. The van der Waals surface area contributed by atoms with Crippen LogP contribution in [-0.4, -0.2) is 70.1 Å². The van der Waals surface area contributed by atoms with E-state index in [2.05, 4.69) is 43.3 Å². The third-order valence-corrected chi connectivity index (χ3v) is 5.76. The summed E-state index contributed by atoms with van der Waals surface area (Å²) in [7, 11) is 2.14. The first kappa shape index (κ1) is 21.3. The van der Waals surface area contributed by atoms with Crippen LogP contribution in [0.2, 0.25) is 0 Å². The highest BCUT2D eigenvalue weighted by atomic mass is 19.3. The first-order chi connectivity index (χ1) is 14.9. The van der Waals surface area contributed by atoms with Crippen LogP contribution in [0.15, 0.2) is 24.7 Å². The van der Waals surface area contributed by atoms with Gasteiger partial charge in [0.2, 0.25) is 11.9 Å². The van der Waals surface area contributed by atoms with Crippen LogP contribution in [0.25, 0.3) is 0 Å². The molecule has 0 aliphatic carbocycles. The zero-order chi connectivity index (χ0) is 22.0. The zero-order valence-corrected chi connectivity index (χ0v) is 17.4. The lowest BCUT2D eigenvalue weighted by Gasteiger charge is -2.29. The Morgan fingerprint density at radius 3 is 2.65 bits per heavy atom. The average Bonchev–Trinajstić information content (AvgIpc) is 3.16. The topological polar surface area (TPSA) is 96.4 Å². The van der Waals surface area contributed by atoms with Gasteiger partial charge < -0.3 is 15.0 Å². The number of cyclic esters (lactones) is 1. The van der Waals surface area contributed by atoms with Gasteiger partial charge in [-0.05, 0) is 57.5 Å². The highest BCUT2D eigenvalue weighted by molar-refractivity contribution is 5.88. The third-order valence-electron chi connectivity index (χ3n) is 5.76. The first-order valence-electron chi connectivity index (χ1n) is 10.3. The summed E-state index contributed by atoms with van der Waals surface area (Å²) in [5.41, 5.74) is 2.03. The Hall–Kier alpha value is -2.95. The van der Waals surface area contributed by atoms with Gasteiger partial charge in [-0.2, -0.15) is 4.98 Å². The van der Waals surface area contributed by atoms with Gasteiger partial charge in [0.1, 0.15) is 19.0 Å².